The molecule has 0 bridgehead atoms. The first-order valence-electron chi connectivity index (χ1n) is 7.08. The number of likely N-dealkylation sites (N-methyl/N-ethyl adjacent to an activating group) is 1. The number of rotatable bonds is 4. The SMILES string of the molecule is Cc1ccc(C(C)N(C)C(=O)C(C)c2cccc(N)c2)s1. The Hall–Kier alpha value is -1.81. The van der Waals surface area contributed by atoms with Crippen LogP contribution in [0.1, 0.15) is 41.1 Å². The first-order chi connectivity index (χ1) is 9.90. The summed E-state index contributed by atoms with van der Waals surface area (Å²) in [6, 6.07) is 11.8. The third kappa shape index (κ3) is 3.45. The lowest BCUT2D eigenvalue weighted by Gasteiger charge is -2.27. The summed E-state index contributed by atoms with van der Waals surface area (Å²) in [5, 5.41) is 0. The van der Waals surface area contributed by atoms with Crippen molar-refractivity contribution >= 4 is 22.9 Å². The van der Waals surface area contributed by atoms with E-state index in [4.69, 9.17) is 5.73 Å². The number of nitrogens with zero attached hydrogens (tertiary/aromatic N) is 1. The maximum Gasteiger partial charge on any atom is 0.230 e. The van der Waals surface area contributed by atoms with Crippen molar-refractivity contribution in [2.24, 2.45) is 0 Å². The van der Waals surface area contributed by atoms with Gasteiger partial charge in [-0.15, -0.1) is 11.3 Å². The van der Waals surface area contributed by atoms with Crippen molar-refractivity contribution in [2.75, 3.05) is 12.8 Å². The molecule has 2 aromatic rings. The molecule has 0 fully saturated rings. The number of carbonyl (C=O) groups excluding carboxylic acids is 1. The largest absolute Gasteiger partial charge is 0.399 e. The van der Waals surface area contributed by atoms with Crippen molar-refractivity contribution in [3.63, 3.8) is 0 Å². The molecule has 0 saturated carbocycles. The molecule has 0 spiro atoms. The maximum atomic E-state index is 12.7. The van der Waals surface area contributed by atoms with Crippen LogP contribution in [0.4, 0.5) is 5.69 Å². The number of benzene rings is 1. The molecule has 2 atom stereocenters. The highest BCUT2D eigenvalue weighted by atomic mass is 32.1. The smallest absolute Gasteiger partial charge is 0.230 e. The fourth-order valence-electron chi connectivity index (χ4n) is 2.34. The van der Waals surface area contributed by atoms with Crippen LogP contribution in [0, 0.1) is 6.92 Å². The molecule has 0 aliphatic rings. The molecule has 1 heterocycles. The number of carbonyl (C=O) groups is 1. The fourth-order valence-corrected chi connectivity index (χ4v) is 3.31. The number of nitrogens with two attached hydrogens (primary N) is 1. The molecule has 1 aromatic heterocycles. The lowest BCUT2D eigenvalue weighted by Crippen LogP contribution is -2.32. The molecular formula is C17H22N2OS. The van der Waals surface area contributed by atoms with E-state index >= 15 is 0 Å². The molecule has 0 aliphatic heterocycles. The summed E-state index contributed by atoms with van der Waals surface area (Å²) in [7, 11) is 1.87. The third-order valence-corrected chi connectivity index (χ3v) is 5.05. The molecule has 21 heavy (non-hydrogen) atoms. The van der Waals surface area contributed by atoms with E-state index in [2.05, 4.69) is 26.0 Å². The van der Waals surface area contributed by atoms with E-state index in [0.717, 1.165) is 5.56 Å². The van der Waals surface area contributed by atoms with Crippen LogP contribution in [0.25, 0.3) is 0 Å². The standard InChI is InChI=1S/C17H22N2OS/c1-11-8-9-16(21-11)13(3)19(4)17(20)12(2)14-6-5-7-15(18)10-14/h5-10,12-13H,18H2,1-4H3. The normalized spacial score (nSPS) is 13.7. The van der Waals surface area contributed by atoms with Crippen LogP contribution in [-0.4, -0.2) is 17.9 Å². The van der Waals surface area contributed by atoms with E-state index in [1.54, 1.807) is 11.3 Å². The Balaban J connectivity index is 2.15. The summed E-state index contributed by atoms with van der Waals surface area (Å²) < 4.78 is 0. The minimum absolute atomic E-state index is 0.0831. The molecule has 0 aliphatic carbocycles. The molecule has 0 saturated heterocycles. The predicted octanol–water partition coefficient (Wildman–Crippen LogP) is 3.96. The number of anilines is 1. The zero-order valence-electron chi connectivity index (χ0n) is 13.0. The molecule has 112 valence electrons. The number of hydrogen-bond donors (Lipinski definition) is 1. The van der Waals surface area contributed by atoms with Crippen molar-refractivity contribution in [1.29, 1.82) is 0 Å². The van der Waals surface area contributed by atoms with Crippen molar-refractivity contribution < 1.29 is 4.79 Å². The Morgan fingerprint density at radius 1 is 1.24 bits per heavy atom. The number of amides is 1. The van der Waals surface area contributed by atoms with Crippen LogP contribution < -0.4 is 5.73 Å². The quantitative estimate of drug-likeness (QED) is 0.869. The zero-order valence-corrected chi connectivity index (χ0v) is 13.8. The van der Waals surface area contributed by atoms with Gasteiger partial charge in [-0.05, 0) is 50.6 Å². The van der Waals surface area contributed by atoms with E-state index in [9.17, 15) is 4.79 Å². The van der Waals surface area contributed by atoms with Crippen LogP contribution >= 0.6 is 11.3 Å². The molecule has 0 radical (unpaired) electrons. The van der Waals surface area contributed by atoms with E-state index in [0.29, 0.717) is 5.69 Å². The van der Waals surface area contributed by atoms with Crippen LogP contribution in [0.5, 0.6) is 0 Å². The predicted molar refractivity (Wildman–Crippen MR) is 89.5 cm³/mol. The lowest BCUT2D eigenvalue weighted by atomic mass is 9.98. The van der Waals surface area contributed by atoms with Crippen molar-refractivity contribution in [3.8, 4) is 0 Å². The van der Waals surface area contributed by atoms with Gasteiger partial charge in [-0.1, -0.05) is 12.1 Å². The van der Waals surface area contributed by atoms with Gasteiger partial charge in [0.25, 0.3) is 0 Å². The number of nitrogen functional groups attached to an aromatic ring is 1. The summed E-state index contributed by atoms with van der Waals surface area (Å²) >= 11 is 1.74. The summed E-state index contributed by atoms with van der Waals surface area (Å²) in [6.45, 7) is 6.08. The fraction of sp³-hybridized carbons (Fsp3) is 0.353. The average Bonchev–Trinajstić information content (AvgIpc) is 2.90. The Kier molecular flexibility index (Phi) is 4.68. The van der Waals surface area contributed by atoms with E-state index < -0.39 is 0 Å². The van der Waals surface area contributed by atoms with Crippen molar-refractivity contribution in [2.45, 2.75) is 32.7 Å². The van der Waals surface area contributed by atoms with Gasteiger partial charge in [-0.25, -0.2) is 0 Å². The van der Waals surface area contributed by atoms with E-state index in [1.807, 2.05) is 43.1 Å². The highest BCUT2D eigenvalue weighted by molar-refractivity contribution is 7.12. The van der Waals surface area contributed by atoms with Gasteiger partial charge in [0.05, 0.1) is 12.0 Å². The van der Waals surface area contributed by atoms with Gasteiger partial charge in [0.15, 0.2) is 0 Å². The zero-order chi connectivity index (χ0) is 15.6. The minimum atomic E-state index is -0.193. The van der Waals surface area contributed by atoms with Crippen molar-refractivity contribution in [3.05, 3.63) is 51.7 Å². The number of thiophene rings is 1. The lowest BCUT2D eigenvalue weighted by molar-refractivity contribution is -0.133. The summed E-state index contributed by atoms with van der Waals surface area (Å²) in [5.41, 5.74) is 7.45. The number of hydrogen-bond acceptors (Lipinski definition) is 3. The summed E-state index contributed by atoms with van der Waals surface area (Å²) in [5.74, 6) is -0.0823. The molecule has 3 nitrogen and oxygen atoms in total. The van der Waals surface area contributed by atoms with Gasteiger partial charge < -0.3 is 10.6 Å². The minimum Gasteiger partial charge on any atom is -0.399 e. The van der Waals surface area contributed by atoms with Crippen LogP contribution in [0.3, 0.4) is 0 Å². The average molecular weight is 302 g/mol. The van der Waals surface area contributed by atoms with Gasteiger partial charge in [0, 0.05) is 22.5 Å². The second-order valence-electron chi connectivity index (χ2n) is 5.47. The summed E-state index contributed by atoms with van der Waals surface area (Å²) in [6.07, 6.45) is 0. The van der Waals surface area contributed by atoms with Crippen LogP contribution in [-0.2, 0) is 4.79 Å². The molecule has 1 aromatic carbocycles. The highest BCUT2D eigenvalue weighted by Gasteiger charge is 2.24. The first kappa shape index (κ1) is 15.6. The van der Waals surface area contributed by atoms with Crippen LogP contribution in [0.2, 0.25) is 0 Å². The second-order valence-corrected chi connectivity index (χ2v) is 6.78. The molecule has 2 N–H and O–H groups in total. The molecule has 2 rings (SSSR count). The first-order valence-corrected chi connectivity index (χ1v) is 7.90. The molecule has 1 amide bonds. The third-order valence-electron chi connectivity index (χ3n) is 3.88. The monoisotopic (exact) mass is 302 g/mol. The van der Waals surface area contributed by atoms with Gasteiger partial charge >= 0.3 is 0 Å². The van der Waals surface area contributed by atoms with Gasteiger partial charge in [0.1, 0.15) is 0 Å². The highest BCUT2D eigenvalue weighted by Crippen LogP contribution is 2.29. The second kappa shape index (κ2) is 6.31. The van der Waals surface area contributed by atoms with E-state index in [1.165, 1.54) is 9.75 Å². The number of aryl methyl sites for hydroxylation is 1. The van der Waals surface area contributed by atoms with Gasteiger partial charge in [0.2, 0.25) is 5.91 Å². The maximum absolute atomic E-state index is 12.7. The van der Waals surface area contributed by atoms with E-state index in [-0.39, 0.29) is 17.9 Å². The Labute approximate surface area is 130 Å². The summed E-state index contributed by atoms with van der Waals surface area (Å²) in [4.78, 5) is 17.0. The Bertz CT molecular complexity index is 635. The van der Waals surface area contributed by atoms with Gasteiger partial charge in [-0.3, -0.25) is 4.79 Å². The molecule has 2 unspecified atom stereocenters. The van der Waals surface area contributed by atoms with Crippen molar-refractivity contribution in [1.82, 2.24) is 4.90 Å². The Morgan fingerprint density at radius 3 is 2.52 bits per heavy atom. The molecule has 4 heteroatoms. The topological polar surface area (TPSA) is 46.3 Å². The van der Waals surface area contributed by atoms with Crippen LogP contribution in [0.15, 0.2) is 36.4 Å². The van der Waals surface area contributed by atoms with Gasteiger partial charge in [-0.2, -0.15) is 0 Å². The Morgan fingerprint density at radius 2 is 1.95 bits per heavy atom. The molecular weight excluding hydrogens is 280 g/mol.